The zero-order valence-corrected chi connectivity index (χ0v) is 18.7. The summed E-state index contributed by atoms with van der Waals surface area (Å²) in [6.07, 6.45) is 3.38. The molecule has 8 heteroatoms. The Kier molecular flexibility index (Phi) is 7.52. The van der Waals surface area contributed by atoms with E-state index in [9.17, 15) is 9.59 Å². The first-order valence-electron chi connectivity index (χ1n) is 9.00. The van der Waals surface area contributed by atoms with Crippen molar-refractivity contribution in [3.8, 4) is 5.75 Å². The Hall–Kier alpha value is -1.66. The summed E-state index contributed by atoms with van der Waals surface area (Å²) in [4.78, 5) is 26.2. The van der Waals surface area contributed by atoms with E-state index in [4.69, 9.17) is 39.5 Å². The van der Waals surface area contributed by atoms with E-state index < -0.39 is 0 Å². The molecule has 1 aliphatic heterocycles. The molecule has 0 bridgehead atoms. The van der Waals surface area contributed by atoms with E-state index in [2.05, 4.69) is 0 Å². The molecule has 2 aromatic rings. The molecule has 4 nitrogen and oxygen atoms in total. The molecule has 0 spiro atoms. The molecule has 2 aromatic carbocycles. The summed E-state index contributed by atoms with van der Waals surface area (Å²) in [6, 6.07) is 10.4. The van der Waals surface area contributed by atoms with Gasteiger partial charge >= 0.3 is 0 Å². The van der Waals surface area contributed by atoms with Crippen molar-refractivity contribution in [2.75, 3.05) is 6.54 Å². The number of amides is 2. The molecule has 0 atom stereocenters. The van der Waals surface area contributed by atoms with Crippen LogP contribution in [0.5, 0.6) is 5.75 Å². The van der Waals surface area contributed by atoms with Gasteiger partial charge in [-0.3, -0.25) is 14.5 Å². The second-order valence-electron chi connectivity index (χ2n) is 6.40. The van der Waals surface area contributed by atoms with E-state index >= 15 is 0 Å². The van der Waals surface area contributed by atoms with Gasteiger partial charge in [-0.15, -0.1) is 0 Å². The van der Waals surface area contributed by atoms with Crippen LogP contribution in [0, 0.1) is 0 Å². The van der Waals surface area contributed by atoms with Gasteiger partial charge in [-0.2, -0.15) is 0 Å². The van der Waals surface area contributed by atoms with Crippen LogP contribution in [0.15, 0.2) is 41.3 Å². The molecule has 1 heterocycles. The summed E-state index contributed by atoms with van der Waals surface area (Å²) < 4.78 is 5.75. The van der Waals surface area contributed by atoms with Gasteiger partial charge in [0.2, 0.25) is 0 Å². The third-order valence-electron chi connectivity index (χ3n) is 4.26. The van der Waals surface area contributed by atoms with E-state index in [0.29, 0.717) is 37.8 Å². The number of nitrogens with zero attached hydrogens (tertiary/aromatic N) is 1. The van der Waals surface area contributed by atoms with Gasteiger partial charge < -0.3 is 4.74 Å². The number of hydrogen-bond acceptors (Lipinski definition) is 4. The molecule has 29 heavy (non-hydrogen) atoms. The summed E-state index contributed by atoms with van der Waals surface area (Å²) in [5, 5.41) is 1.24. The van der Waals surface area contributed by atoms with Crippen LogP contribution in [0.25, 0.3) is 6.08 Å². The average molecular weight is 471 g/mol. The van der Waals surface area contributed by atoms with E-state index in [1.165, 1.54) is 4.90 Å². The number of carbonyl (C=O) groups is 2. The van der Waals surface area contributed by atoms with Gasteiger partial charge in [0.25, 0.3) is 11.1 Å². The number of unbranched alkanes of at least 4 members (excludes halogenated alkanes) is 1. The van der Waals surface area contributed by atoms with Gasteiger partial charge in [0, 0.05) is 22.2 Å². The maximum Gasteiger partial charge on any atom is 0.293 e. The van der Waals surface area contributed by atoms with Gasteiger partial charge in [-0.1, -0.05) is 60.3 Å². The average Bonchev–Trinajstić information content (AvgIpc) is 2.93. The zero-order valence-electron chi connectivity index (χ0n) is 15.6. The van der Waals surface area contributed by atoms with Crippen LogP contribution in [-0.2, 0) is 11.4 Å². The molecule has 0 saturated carbocycles. The highest BCUT2D eigenvalue weighted by atomic mass is 35.5. The normalized spacial score (nSPS) is 15.4. The minimum absolute atomic E-state index is 0.236. The Morgan fingerprint density at radius 3 is 2.55 bits per heavy atom. The first-order valence-corrected chi connectivity index (χ1v) is 11.0. The number of thioether (sulfide) groups is 1. The second-order valence-corrected chi connectivity index (χ2v) is 8.65. The molecule has 3 rings (SSSR count). The van der Waals surface area contributed by atoms with Crippen molar-refractivity contribution in [2.45, 2.75) is 26.4 Å². The first kappa shape index (κ1) is 22.0. The third kappa shape index (κ3) is 5.48. The maximum absolute atomic E-state index is 12.4. The Balaban J connectivity index is 1.70. The summed E-state index contributed by atoms with van der Waals surface area (Å²) in [7, 11) is 0. The van der Waals surface area contributed by atoms with Crippen molar-refractivity contribution in [3.05, 3.63) is 67.5 Å². The SMILES string of the molecule is CCCCN1C(=O)S/C(=C\c2ccc(OCc3ccc(Cl)cc3Cl)c(Cl)c2)C1=O. The van der Waals surface area contributed by atoms with E-state index in [1.807, 2.05) is 6.92 Å². The standard InChI is InChI=1S/C21H18Cl3NO3S/c1-2-3-8-25-20(26)19(29-21(25)27)10-13-4-7-18(17(24)9-13)28-12-14-5-6-15(22)11-16(14)23/h4-7,9-11H,2-3,8,12H2,1H3/b19-10-. The van der Waals surface area contributed by atoms with Crippen molar-refractivity contribution in [2.24, 2.45) is 0 Å². The summed E-state index contributed by atoms with van der Waals surface area (Å²) >= 11 is 19.3. The van der Waals surface area contributed by atoms with Crippen LogP contribution in [0.1, 0.15) is 30.9 Å². The Bertz CT molecular complexity index is 978. The predicted molar refractivity (Wildman–Crippen MR) is 120 cm³/mol. The highest BCUT2D eigenvalue weighted by Gasteiger charge is 2.34. The molecule has 152 valence electrons. The fourth-order valence-corrected chi connectivity index (χ4v) is 4.25. The highest BCUT2D eigenvalue weighted by Crippen LogP contribution is 2.34. The second kappa shape index (κ2) is 9.90. The summed E-state index contributed by atoms with van der Waals surface area (Å²) in [6.45, 7) is 2.70. The fraction of sp³-hybridized carbons (Fsp3) is 0.238. The highest BCUT2D eigenvalue weighted by molar-refractivity contribution is 8.18. The van der Waals surface area contributed by atoms with Crippen LogP contribution in [0.3, 0.4) is 0 Å². The smallest absolute Gasteiger partial charge is 0.293 e. The van der Waals surface area contributed by atoms with Gasteiger partial charge in [-0.25, -0.2) is 0 Å². The first-order chi connectivity index (χ1) is 13.9. The van der Waals surface area contributed by atoms with Gasteiger partial charge in [0.15, 0.2) is 0 Å². The number of halogens is 3. The van der Waals surface area contributed by atoms with Crippen LogP contribution >= 0.6 is 46.6 Å². The van der Waals surface area contributed by atoms with Gasteiger partial charge in [-0.05, 0) is 54.1 Å². The molecule has 2 amide bonds. The van der Waals surface area contributed by atoms with Crippen molar-refractivity contribution in [1.82, 2.24) is 4.90 Å². The molecule has 0 radical (unpaired) electrons. The lowest BCUT2D eigenvalue weighted by Crippen LogP contribution is -2.29. The molecule has 0 aromatic heterocycles. The topological polar surface area (TPSA) is 46.6 Å². The van der Waals surface area contributed by atoms with Gasteiger partial charge in [0.1, 0.15) is 12.4 Å². The molecule has 1 aliphatic rings. The van der Waals surface area contributed by atoms with E-state index in [-0.39, 0.29) is 17.8 Å². The number of ether oxygens (including phenoxy) is 1. The lowest BCUT2D eigenvalue weighted by molar-refractivity contribution is -0.122. The van der Waals surface area contributed by atoms with E-state index in [1.54, 1.807) is 42.5 Å². The predicted octanol–water partition coefficient (Wildman–Crippen LogP) is 7.06. The van der Waals surface area contributed by atoms with Crippen LogP contribution in [-0.4, -0.2) is 22.6 Å². The van der Waals surface area contributed by atoms with Crippen molar-refractivity contribution < 1.29 is 14.3 Å². The zero-order chi connectivity index (χ0) is 21.0. The van der Waals surface area contributed by atoms with Crippen LogP contribution in [0.2, 0.25) is 15.1 Å². The molecule has 0 unspecified atom stereocenters. The van der Waals surface area contributed by atoms with Crippen LogP contribution < -0.4 is 4.74 Å². The maximum atomic E-state index is 12.4. The largest absolute Gasteiger partial charge is 0.487 e. The quantitative estimate of drug-likeness (QED) is 0.406. The van der Waals surface area contributed by atoms with Crippen molar-refractivity contribution >= 4 is 63.8 Å². The molecular formula is C21H18Cl3NO3S. The number of benzene rings is 2. The Morgan fingerprint density at radius 1 is 1.07 bits per heavy atom. The summed E-state index contributed by atoms with van der Waals surface area (Å²) in [5.74, 6) is 0.230. The molecule has 0 N–H and O–H groups in total. The van der Waals surface area contributed by atoms with Crippen molar-refractivity contribution in [1.29, 1.82) is 0 Å². The lowest BCUT2D eigenvalue weighted by atomic mass is 10.2. The number of rotatable bonds is 7. The van der Waals surface area contributed by atoms with Gasteiger partial charge in [0.05, 0.1) is 9.93 Å². The summed E-state index contributed by atoms with van der Waals surface area (Å²) in [5.41, 5.74) is 1.50. The number of imide groups is 1. The van der Waals surface area contributed by atoms with Crippen LogP contribution in [0.4, 0.5) is 4.79 Å². The third-order valence-corrected chi connectivity index (χ3v) is 6.05. The molecule has 0 aliphatic carbocycles. The van der Waals surface area contributed by atoms with Crippen molar-refractivity contribution in [3.63, 3.8) is 0 Å². The monoisotopic (exact) mass is 469 g/mol. The Morgan fingerprint density at radius 2 is 1.86 bits per heavy atom. The number of hydrogen-bond donors (Lipinski definition) is 0. The molecule has 1 fully saturated rings. The fourth-order valence-electron chi connectivity index (χ4n) is 2.68. The lowest BCUT2D eigenvalue weighted by Gasteiger charge is -2.11. The van der Waals surface area contributed by atoms with E-state index in [0.717, 1.165) is 30.2 Å². The number of carbonyl (C=O) groups excluding carboxylic acids is 2. The minimum Gasteiger partial charge on any atom is -0.487 e. The minimum atomic E-state index is -0.262. The molecular weight excluding hydrogens is 453 g/mol. The Labute approximate surface area is 188 Å². The molecule has 1 saturated heterocycles.